The van der Waals surface area contributed by atoms with Crippen molar-refractivity contribution in [3.8, 4) is 28.0 Å². The Labute approximate surface area is 212 Å². The summed E-state index contributed by atoms with van der Waals surface area (Å²) < 4.78 is 59.7. The number of halogens is 2. The van der Waals surface area contributed by atoms with E-state index in [9.17, 15) is 22.0 Å². The van der Waals surface area contributed by atoms with Crippen molar-refractivity contribution in [1.82, 2.24) is 9.97 Å². The first-order valence-electron chi connectivity index (χ1n) is 11.6. The average molecular weight is 526 g/mol. The zero-order valence-corrected chi connectivity index (χ0v) is 21.2. The van der Waals surface area contributed by atoms with Gasteiger partial charge in [0.1, 0.15) is 5.75 Å². The van der Waals surface area contributed by atoms with Gasteiger partial charge in [0.15, 0.2) is 0 Å². The second-order valence-corrected chi connectivity index (χ2v) is 11.2. The van der Waals surface area contributed by atoms with Crippen LogP contribution in [0.25, 0.3) is 33.2 Å². The molecule has 0 amide bonds. The molecule has 1 aliphatic carbocycles. The summed E-state index contributed by atoms with van der Waals surface area (Å²) in [6.07, 6.45) is 0.748. The maximum absolute atomic E-state index is 14.3. The van der Waals surface area contributed by atoms with Gasteiger partial charge in [0, 0.05) is 45.2 Å². The number of alkyl halides is 2. The molecule has 1 fully saturated rings. The lowest BCUT2D eigenvalue weighted by Crippen LogP contribution is -2.19. The number of aryl methyl sites for hydroxylation is 1. The molecule has 2 heterocycles. The first-order chi connectivity index (χ1) is 17.5. The first-order valence-corrected chi connectivity index (χ1v) is 13.5. The van der Waals surface area contributed by atoms with Crippen molar-refractivity contribution >= 4 is 26.6 Å². The highest BCUT2D eigenvalue weighted by molar-refractivity contribution is 7.92. The van der Waals surface area contributed by atoms with Gasteiger partial charge in [-0.25, -0.2) is 17.2 Å². The van der Waals surface area contributed by atoms with Gasteiger partial charge in [-0.2, -0.15) is 0 Å². The molecule has 37 heavy (non-hydrogen) atoms. The van der Waals surface area contributed by atoms with Gasteiger partial charge < -0.3 is 9.72 Å². The second-order valence-electron chi connectivity index (χ2n) is 9.42. The number of aromatic amines is 1. The molecule has 0 spiro atoms. The van der Waals surface area contributed by atoms with E-state index < -0.39 is 21.9 Å². The Bertz CT molecular complexity index is 1680. The lowest BCUT2D eigenvalue weighted by Gasteiger charge is -2.22. The largest absolute Gasteiger partial charge is 0.496 e. The molecule has 0 atom stereocenters. The Balaban J connectivity index is 1.74. The minimum atomic E-state index is -3.42. The van der Waals surface area contributed by atoms with Crippen molar-refractivity contribution in [1.29, 1.82) is 0 Å². The quantitative estimate of drug-likeness (QED) is 0.344. The van der Waals surface area contributed by atoms with Crippen molar-refractivity contribution in [3.63, 3.8) is 0 Å². The summed E-state index contributed by atoms with van der Waals surface area (Å²) in [7, 11) is -1.98. The topological polar surface area (TPSA) is 101 Å². The number of H-pyrrole nitrogens is 1. The number of pyridine rings is 2. The Kier molecular flexibility index (Phi) is 6.02. The number of ether oxygens (including phenoxy) is 1. The number of hydrogen-bond donors (Lipinski definition) is 2. The van der Waals surface area contributed by atoms with Crippen LogP contribution in [0.5, 0.6) is 5.75 Å². The molecule has 2 aromatic carbocycles. The number of fused-ring (bicyclic) bond motifs is 1. The van der Waals surface area contributed by atoms with Crippen LogP contribution in [0.15, 0.2) is 59.5 Å². The fraction of sp³-hybridized carbons (Fsp3) is 0.259. The van der Waals surface area contributed by atoms with Crippen LogP contribution in [0, 0.1) is 6.92 Å². The Morgan fingerprint density at radius 1 is 1.05 bits per heavy atom. The van der Waals surface area contributed by atoms with E-state index in [1.807, 2.05) is 0 Å². The number of methoxy groups -OCH3 is 1. The molecular formula is C27H25F2N3O4S. The van der Waals surface area contributed by atoms with E-state index in [0.29, 0.717) is 63.1 Å². The number of benzene rings is 2. The van der Waals surface area contributed by atoms with Crippen LogP contribution >= 0.6 is 0 Å². The standard InChI is InChI=1S/C27H25F2N3O4S/c1-15-4-9-19(25(33)31-15)20-13-22(27(10-11-27)26(28)29)24(36-2)21-12-17(14-30-23(20)21)16-5-7-18(8-6-16)32-37(3,34)35/h4-9,12-14,26,32H,10-11H2,1-3H3,(H,31,33). The first kappa shape index (κ1) is 24.9. The molecule has 7 nitrogen and oxygen atoms in total. The van der Waals surface area contributed by atoms with E-state index >= 15 is 0 Å². The van der Waals surface area contributed by atoms with E-state index in [1.165, 1.54) is 7.11 Å². The van der Waals surface area contributed by atoms with E-state index in [-0.39, 0.29) is 5.56 Å². The fourth-order valence-corrected chi connectivity index (χ4v) is 5.26. The summed E-state index contributed by atoms with van der Waals surface area (Å²) >= 11 is 0. The molecule has 4 aromatic rings. The minimum absolute atomic E-state index is 0.310. The number of hydrogen-bond acceptors (Lipinski definition) is 5. The van der Waals surface area contributed by atoms with Gasteiger partial charge in [-0.3, -0.25) is 14.5 Å². The van der Waals surface area contributed by atoms with Crippen molar-refractivity contribution in [2.45, 2.75) is 31.6 Å². The van der Waals surface area contributed by atoms with E-state index in [4.69, 9.17) is 4.74 Å². The van der Waals surface area contributed by atoms with Crippen LogP contribution < -0.4 is 15.0 Å². The van der Waals surface area contributed by atoms with Crippen molar-refractivity contribution in [3.05, 3.63) is 76.3 Å². The highest BCUT2D eigenvalue weighted by Gasteiger charge is 2.54. The van der Waals surface area contributed by atoms with Crippen LogP contribution in [-0.2, 0) is 15.4 Å². The molecule has 0 unspecified atom stereocenters. The number of nitrogens with zero attached hydrogens (tertiary/aromatic N) is 1. The number of rotatable bonds is 7. The summed E-state index contributed by atoms with van der Waals surface area (Å²) in [4.78, 5) is 20.3. The molecule has 0 aliphatic heterocycles. The summed E-state index contributed by atoms with van der Waals surface area (Å²) in [5.74, 6) is 0.310. The normalized spacial score (nSPS) is 14.6. The fourth-order valence-electron chi connectivity index (χ4n) is 4.70. The van der Waals surface area contributed by atoms with Crippen molar-refractivity contribution in [2.75, 3.05) is 18.1 Å². The zero-order chi connectivity index (χ0) is 26.5. The lowest BCUT2D eigenvalue weighted by atomic mass is 9.88. The van der Waals surface area contributed by atoms with Gasteiger partial charge in [-0.15, -0.1) is 0 Å². The molecule has 192 valence electrons. The third-order valence-electron chi connectivity index (χ3n) is 6.73. The smallest absolute Gasteiger partial charge is 0.256 e. The minimum Gasteiger partial charge on any atom is -0.496 e. The summed E-state index contributed by atoms with van der Waals surface area (Å²) in [5.41, 5.74) is 2.46. The molecule has 5 rings (SSSR count). The van der Waals surface area contributed by atoms with Crippen LogP contribution in [0.3, 0.4) is 0 Å². The molecule has 0 saturated heterocycles. The average Bonchev–Trinajstić information content (AvgIpc) is 3.65. The molecule has 1 aliphatic rings. The molecule has 0 bridgehead atoms. The summed E-state index contributed by atoms with van der Waals surface area (Å²) in [6, 6.07) is 13.6. The maximum atomic E-state index is 14.3. The van der Waals surface area contributed by atoms with Crippen LogP contribution in [0.4, 0.5) is 14.5 Å². The van der Waals surface area contributed by atoms with Crippen LogP contribution in [0.1, 0.15) is 24.1 Å². The summed E-state index contributed by atoms with van der Waals surface area (Å²) in [6.45, 7) is 1.76. The van der Waals surface area contributed by atoms with Crippen molar-refractivity contribution < 1.29 is 21.9 Å². The highest BCUT2D eigenvalue weighted by atomic mass is 32.2. The number of nitrogens with one attached hydrogen (secondary N) is 2. The molecule has 1 saturated carbocycles. The number of anilines is 1. The number of aromatic nitrogens is 2. The van der Waals surface area contributed by atoms with Crippen LogP contribution in [-0.4, -0.2) is 38.2 Å². The monoisotopic (exact) mass is 525 g/mol. The molecular weight excluding hydrogens is 500 g/mol. The third-order valence-corrected chi connectivity index (χ3v) is 7.34. The zero-order valence-electron chi connectivity index (χ0n) is 20.4. The Morgan fingerprint density at radius 3 is 2.32 bits per heavy atom. The SMILES string of the molecule is COc1c(C2(C(F)F)CC2)cc(-c2ccc(C)[nH]c2=O)c2ncc(-c3ccc(NS(C)(=O)=O)cc3)cc12. The van der Waals surface area contributed by atoms with E-state index in [2.05, 4.69) is 14.7 Å². The third kappa shape index (κ3) is 4.57. The highest BCUT2D eigenvalue weighted by Crippen LogP contribution is 2.57. The molecule has 2 N–H and O–H groups in total. The lowest BCUT2D eigenvalue weighted by molar-refractivity contribution is 0.100. The number of sulfonamides is 1. The van der Waals surface area contributed by atoms with Crippen molar-refractivity contribution in [2.24, 2.45) is 0 Å². The van der Waals surface area contributed by atoms with Gasteiger partial charge >= 0.3 is 0 Å². The van der Waals surface area contributed by atoms with Gasteiger partial charge in [-0.1, -0.05) is 12.1 Å². The maximum Gasteiger partial charge on any atom is 0.256 e. The Morgan fingerprint density at radius 2 is 1.76 bits per heavy atom. The predicted molar refractivity (Wildman–Crippen MR) is 140 cm³/mol. The van der Waals surface area contributed by atoms with Gasteiger partial charge in [0.25, 0.3) is 5.56 Å². The molecule has 0 radical (unpaired) electrons. The molecule has 10 heteroatoms. The molecule has 2 aromatic heterocycles. The summed E-state index contributed by atoms with van der Waals surface area (Å²) in [5, 5.41) is 0.512. The Hall–Kier alpha value is -3.79. The van der Waals surface area contributed by atoms with Gasteiger partial charge in [0.2, 0.25) is 16.4 Å². The van der Waals surface area contributed by atoms with E-state index in [0.717, 1.165) is 11.8 Å². The van der Waals surface area contributed by atoms with Crippen LogP contribution in [0.2, 0.25) is 0 Å². The van der Waals surface area contributed by atoms with E-state index in [1.54, 1.807) is 61.7 Å². The van der Waals surface area contributed by atoms with Gasteiger partial charge in [0.05, 0.1) is 24.3 Å². The second kappa shape index (κ2) is 8.95. The van der Waals surface area contributed by atoms with Gasteiger partial charge in [-0.05, 0) is 61.7 Å². The predicted octanol–water partition coefficient (Wildman–Crippen LogP) is 5.24.